The summed E-state index contributed by atoms with van der Waals surface area (Å²) < 4.78 is 5.04. The number of para-hydroxylation sites is 1. The van der Waals surface area contributed by atoms with Gasteiger partial charge < -0.3 is 4.52 Å². The van der Waals surface area contributed by atoms with E-state index in [1.165, 1.54) is 0 Å². The number of hydrogen-bond donors (Lipinski definition) is 0. The minimum absolute atomic E-state index is 0.107. The van der Waals surface area contributed by atoms with E-state index in [2.05, 4.69) is 15.1 Å². The number of rotatable bonds is 1. The summed E-state index contributed by atoms with van der Waals surface area (Å²) in [6.45, 7) is 0. The van der Waals surface area contributed by atoms with Gasteiger partial charge in [-0.25, -0.2) is 0 Å². The van der Waals surface area contributed by atoms with Crippen molar-refractivity contribution in [2.45, 2.75) is 0 Å². The van der Waals surface area contributed by atoms with Crippen molar-refractivity contribution in [3.05, 3.63) is 41.8 Å². The van der Waals surface area contributed by atoms with Crippen molar-refractivity contribution in [2.75, 3.05) is 0 Å². The molecule has 4 nitrogen and oxygen atoms in total. The molecule has 0 amide bonds. The van der Waals surface area contributed by atoms with Crippen molar-refractivity contribution in [1.82, 2.24) is 15.1 Å². The molecule has 0 fully saturated rings. The zero-order valence-electron chi connectivity index (χ0n) is 8.09. The van der Waals surface area contributed by atoms with Crippen LogP contribution in [0.15, 0.2) is 41.1 Å². The summed E-state index contributed by atoms with van der Waals surface area (Å²) in [7, 11) is 0. The molecule has 2 heterocycles. The Kier molecular flexibility index (Phi) is 2.08. The maximum absolute atomic E-state index is 5.63. The highest BCUT2D eigenvalue weighted by molar-refractivity contribution is 6.28. The van der Waals surface area contributed by atoms with Crippen molar-refractivity contribution in [2.24, 2.45) is 0 Å². The quantitative estimate of drug-likeness (QED) is 0.646. The second kappa shape index (κ2) is 3.57. The van der Waals surface area contributed by atoms with Crippen molar-refractivity contribution < 1.29 is 4.52 Å². The van der Waals surface area contributed by atoms with Crippen LogP contribution in [0.25, 0.3) is 22.4 Å². The molecule has 0 unspecified atom stereocenters. The second-order valence-electron chi connectivity index (χ2n) is 3.24. The van der Waals surface area contributed by atoms with E-state index in [9.17, 15) is 0 Å². The molecule has 5 heteroatoms. The lowest BCUT2D eigenvalue weighted by Crippen LogP contribution is -1.83. The van der Waals surface area contributed by atoms with Gasteiger partial charge in [0.2, 0.25) is 0 Å². The molecule has 0 spiro atoms. The zero-order valence-corrected chi connectivity index (χ0v) is 8.85. The molecule has 1 aromatic carbocycles. The van der Waals surface area contributed by atoms with Crippen LogP contribution in [0.3, 0.4) is 0 Å². The van der Waals surface area contributed by atoms with Crippen molar-refractivity contribution >= 4 is 22.5 Å². The maximum atomic E-state index is 5.63. The third kappa shape index (κ3) is 1.44. The molecule has 3 aromatic rings. The standard InChI is InChI=1S/C11H6ClN3O/c12-11-14-10(16-15-11)8-5-6-13-9-4-2-1-3-7(8)9/h1-6H. The fourth-order valence-corrected chi connectivity index (χ4v) is 1.71. The van der Waals surface area contributed by atoms with Gasteiger partial charge in [0.15, 0.2) is 0 Å². The number of halogens is 1. The summed E-state index contributed by atoms with van der Waals surface area (Å²) in [5.74, 6) is 0.406. The van der Waals surface area contributed by atoms with E-state index < -0.39 is 0 Å². The third-order valence-electron chi connectivity index (χ3n) is 2.28. The van der Waals surface area contributed by atoms with Crippen LogP contribution in [0.4, 0.5) is 0 Å². The Morgan fingerprint density at radius 3 is 2.81 bits per heavy atom. The third-order valence-corrected chi connectivity index (χ3v) is 2.43. The Hall–Kier alpha value is -1.94. The van der Waals surface area contributed by atoms with Gasteiger partial charge in [-0.2, -0.15) is 4.98 Å². The summed E-state index contributed by atoms with van der Waals surface area (Å²) in [4.78, 5) is 8.24. The van der Waals surface area contributed by atoms with Crippen molar-refractivity contribution in [3.8, 4) is 11.5 Å². The fraction of sp³-hybridized carbons (Fsp3) is 0. The minimum atomic E-state index is 0.107. The molecular weight excluding hydrogens is 226 g/mol. The van der Waals surface area contributed by atoms with E-state index in [1.54, 1.807) is 6.20 Å². The summed E-state index contributed by atoms with van der Waals surface area (Å²) in [6.07, 6.45) is 1.70. The first-order valence-electron chi connectivity index (χ1n) is 4.68. The molecule has 0 bridgehead atoms. The lowest BCUT2D eigenvalue weighted by atomic mass is 10.1. The molecular formula is C11H6ClN3O. The Labute approximate surface area is 95.9 Å². The summed E-state index contributed by atoms with van der Waals surface area (Å²) in [6, 6.07) is 9.57. The largest absolute Gasteiger partial charge is 0.333 e. The molecule has 0 N–H and O–H groups in total. The highest BCUT2D eigenvalue weighted by atomic mass is 35.5. The molecule has 16 heavy (non-hydrogen) atoms. The molecule has 3 rings (SSSR count). The predicted octanol–water partition coefficient (Wildman–Crippen LogP) is 2.94. The van der Waals surface area contributed by atoms with Crippen molar-refractivity contribution in [1.29, 1.82) is 0 Å². The molecule has 2 aromatic heterocycles. The number of aromatic nitrogens is 3. The van der Waals surface area contributed by atoms with Gasteiger partial charge in [0.25, 0.3) is 11.2 Å². The van der Waals surface area contributed by atoms with E-state index in [1.807, 2.05) is 30.3 Å². The van der Waals surface area contributed by atoms with Crippen LogP contribution >= 0.6 is 11.6 Å². The monoisotopic (exact) mass is 231 g/mol. The number of benzene rings is 1. The van der Waals surface area contributed by atoms with Crippen LogP contribution in [0.2, 0.25) is 5.28 Å². The predicted molar refractivity (Wildman–Crippen MR) is 60.0 cm³/mol. The van der Waals surface area contributed by atoms with Gasteiger partial charge in [-0.3, -0.25) is 4.98 Å². The van der Waals surface area contributed by atoms with E-state index in [0.717, 1.165) is 16.5 Å². The number of fused-ring (bicyclic) bond motifs is 1. The molecule has 0 atom stereocenters. The van der Waals surface area contributed by atoms with Gasteiger partial charge in [-0.05, 0) is 28.9 Å². The number of hydrogen-bond acceptors (Lipinski definition) is 4. The fourth-order valence-electron chi connectivity index (χ4n) is 1.60. The van der Waals surface area contributed by atoms with Crippen LogP contribution in [-0.2, 0) is 0 Å². The molecule has 0 saturated heterocycles. The average Bonchev–Trinajstić information content (AvgIpc) is 2.75. The normalized spacial score (nSPS) is 10.8. The summed E-state index contributed by atoms with van der Waals surface area (Å²) >= 11 is 5.63. The zero-order chi connectivity index (χ0) is 11.0. The molecule has 0 saturated carbocycles. The molecule has 0 aliphatic rings. The van der Waals surface area contributed by atoms with Gasteiger partial charge in [0.1, 0.15) is 0 Å². The van der Waals surface area contributed by atoms with Crippen LogP contribution in [0.1, 0.15) is 0 Å². The van der Waals surface area contributed by atoms with E-state index >= 15 is 0 Å². The highest BCUT2D eigenvalue weighted by Gasteiger charge is 2.10. The van der Waals surface area contributed by atoms with Gasteiger partial charge in [-0.15, -0.1) is 0 Å². The Morgan fingerprint density at radius 1 is 1.12 bits per heavy atom. The SMILES string of the molecule is Clc1noc(-c2ccnc3ccccc23)n1. The maximum Gasteiger partial charge on any atom is 0.264 e. The van der Waals surface area contributed by atoms with Crippen LogP contribution in [0, 0.1) is 0 Å². The molecule has 0 aliphatic heterocycles. The van der Waals surface area contributed by atoms with E-state index in [-0.39, 0.29) is 5.28 Å². The average molecular weight is 232 g/mol. The van der Waals surface area contributed by atoms with Crippen LogP contribution in [-0.4, -0.2) is 15.1 Å². The Balaban J connectivity index is 2.31. The van der Waals surface area contributed by atoms with E-state index in [4.69, 9.17) is 16.1 Å². The van der Waals surface area contributed by atoms with Gasteiger partial charge in [0, 0.05) is 11.6 Å². The van der Waals surface area contributed by atoms with Gasteiger partial charge in [-0.1, -0.05) is 18.2 Å². The Morgan fingerprint density at radius 2 is 2.00 bits per heavy atom. The van der Waals surface area contributed by atoms with Gasteiger partial charge >= 0.3 is 0 Å². The minimum Gasteiger partial charge on any atom is -0.333 e. The molecule has 0 radical (unpaired) electrons. The topological polar surface area (TPSA) is 51.8 Å². The van der Waals surface area contributed by atoms with Crippen LogP contribution < -0.4 is 0 Å². The van der Waals surface area contributed by atoms with Gasteiger partial charge in [0.05, 0.1) is 11.1 Å². The first-order chi connectivity index (χ1) is 7.84. The molecule has 78 valence electrons. The lowest BCUT2D eigenvalue weighted by molar-refractivity contribution is 0.431. The lowest BCUT2D eigenvalue weighted by Gasteiger charge is -2.00. The highest BCUT2D eigenvalue weighted by Crippen LogP contribution is 2.26. The summed E-state index contributed by atoms with van der Waals surface area (Å²) in [5, 5.41) is 4.63. The van der Waals surface area contributed by atoms with E-state index in [0.29, 0.717) is 5.89 Å². The molecule has 0 aliphatic carbocycles. The smallest absolute Gasteiger partial charge is 0.264 e. The Bertz CT molecular complexity index is 645. The number of nitrogens with zero attached hydrogens (tertiary/aromatic N) is 3. The number of pyridine rings is 1. The first-order valence-corrected chi connectivity index (χ1v) is 5.06. The van der Waals surface area contributed by atoms with Crippen LogP contribution in [0.5, 0.6) is 0 Å². The van der Waals surface area contributed by atoms with Crippen molar-refractivity contribution in [3.63, 3.8) is 0 Å². The first kappa shape index (κ1) is 9.30. The second-order valence-corrected chi connectivity index (χ2v) is 3.58. The summed E-state index contributed by atoms with van der Waals surface area (Å²) in [5.41, 5.74) is 1.72.